The van der Waals surface area contributed by atoms with E-state index < -0.39 is 0 Å². The molecule has 0 spiro atoms. The average Bonchev–Trinajstić information content (AvgIpc) is 2.81. The molecule has 1 fully saturated rings. The summed E-state index contributed by atoms with van der Waals surface area (Å²) in [5.41, 5.74) is 0.850. The lowest BCUT2D eigenvalue weighted by molar-refractivity contribution is -0.138. The Morgan fingerprint density at radius 3 is 3.25 bits per heavy atom. The highest BCUT2D eigenvalue weighted by molar-refractivity contribution is 5.89. The Kier molecular flexibility index (Phi) is 1.89. The fourth-order valence-electron chi connectivity index (χ4n) is 1.63. The molecule has 2 rings (SSSR count). The quantitative estimate of drug-likeness (QED) is 0.484. The molecule has 3 nitrogen and oxygen atoms in total. The van der Waals surface area contributed by atoms with Crippen LogP contribution >= 0.6 is 0 Å². The number of hydrogen-bond donors (Lipinski definition) is 1. The van der Waals surface area contributed by atoms with E-state index in [-0.39, 0.29) is 5.97 Å². The molecule has 0 saturated carbocycles. The first-order valence-corrected chi connectivity index (χ1v) is 4.43. The lowest BCUT2D eigenvalue weighted by Gasteiger charge is -2.08. The van der Waals surface area contributed by atoms with Gasteiger partial charge in [-0.25, -0.2) is 4.79 Å². The molecule has 0 amide bonds. The molecule has 0 aromatic carbocycles. The van der Waals surface area contributed by atoms with Gasteiger partial charge in [-0.15, -0.1) is 0 Å². The molecule has 1 heterocycles. The summed E-state index contributed by atoms with van der Waals surface area (Å²) in [7, 11) is 0. The first kappa shape index (κ1) is 7.80. The van der Waals surface area contributed by atoms with E-state index in [1.165, 1.54) is 0 Å². The van der Waals surface area contributed by atoms with Crippen LogP contribution in [0.2, 0.25) is 0 Å². The van der Waals surface area contributed by atoms with Crippen LogP contribution in [-0.4, -0.2) is 24.7 Å². The fraction of sp³-hybridized carbons (Fsp3) is 0.667. The maximum absolute atomic E-state index is 11.2. The van der Waals surface area contributed by atoms with Gasteiger partial charge in [0.2, 0.25) is 0 Å². The Hall–Kier alpha value is -0.830. The SMILES string of the molecule is CCOC(=O)C1=CC[C@@H]2N[C@@H]2C1. The van der Waals surface area contributed by atoms with Crippen molar-refractivity contribution < 1.29 is 9.53 Å². The Balaban J connectivity index is 1.94. The van der Waals surface area contributed by atoms with E-state index in [1.807, 2.05) is 13.0 Å². The zero-order chi connectivity index (χ0) is 8.55. The topological polar surface area (TPSA) is 48.2 Å². The fourth-order valence-corrected chi connectivity index (χ4v) is 1.63. The maximum Gasteiger partial charge on any atom is 0.333 e. The van der Waals surface area contributed by atoms with Gasteiger partial charge in [0, 0.05) is 17.7 Å². The van der Waals surface area contributed by atoms with Gasteiger partial charge in [0.25, 0.3) is 0 Å². The van der Waals surface area contributed by atoms with Gasteiger partial charge in [-0.1, -0.05) is 6.08 Å². The average molecular weight is 167 g/mol. The number of carbonyl (C=O) groups excluding carboxylic acids is 1. The number of rotatable bonds is 2. The molecule has 0 aromatic rings. The zero-order valence-corrected chi connectivity index (χ0v) is 7.17. The molecule has 1 aliphatic heterocycles. The van der Waals surface area contributed by atoms with Crippen LogP contribution in [0, 0.1) is 0 Å². The highest BCUT2D eigenvalue weighted by Crippen LogP contribution is 2.28. The number of ether oxygens (including phenoxy) is 1. The van der Waals surface area contributed by atoms with Gasteiger partial charge >= 0.3 is 5.97 Å². The molecule has 2 atom stereocenters. The first-order valence-electron chi connectivity index (χ1n) is 4.43. The number of hydrogen-bond acceptors (Lipinski definition) is 3. The van der Waals surface area contributed by atoms with Gasteiger partial charge in [0.15, 0.2) is 0 Å². The number of esters is 1. The second-order valence-electron chi connectivity index (χ2n) is 3.27. The minimum Gasteiger partial charge on any atom is -0.463 e. The summed E-state index contributed by atoms with van der Waals surface area (Å²) >= 11 is 0. The zero-order valence-electron chi connectivity index (χ0n) is 7.17. The Bertz CT molecular complexity index is 235. The van der Waals surface area contributed by atoms with E-state index in [2.05, 4.69) is 5.32 Å². The van der Waals surface area contributed by atoms with Crippen LogP contribution in [0.3, 0.4) is 0 Å². The molecule has 2 aliphatic rings. The van der Waals surface area contributed by atoms with Gasteiger partial charge in [-0.2, -0.15) is 0 Å². The maximum atomic E-state index is 11.2. The highest BCUT2D eigenvalue weighted by Gasteiger charge is 2.39. The van der Waals surface area contributed by atoms with E-state index >= 15 is 0 Å². The standard InChI is InChI=1S/C9H13NO2/c1-2-12-9(11)6-3-4-7-8(5-6)10-7/h3,7-8,10H,2,4-5H2,1H3/t7-,8+/m0/s1. The van der Waals surface area contributed by atoms with Gasteiger partial charge < -0.3 is 10.1 Å². The summed E-state index contributed by atoms with van der Waals surface area (Å²) in [6.07, 6.45) is 3.83. The van der Waals surface area contributed by atoms with Crippen molar-refractivity contribution in [2.75, 3.05) is 6.61 Å². The first-order chi connectivity index (χ1) is 5.81. The summed E-state index contributed by atoms with van der Waals surface area (Å²) in [5, 5.41) is 3.30. The molecular formula is C9H13NO2. The van der Waals surface area contributed by atoms with Crippen molar-refractivity contribution in [3.63, 3.8) is 0 Å². The predicted molar refractivity (Wildman–Crippen MR) is 44.7 cm³/mol. The van der Waals surface area contributed by atoms with E-state index in [0.717, 1.165) is 18.4 Å². The van der Waals surface area contributed by atoms with E-state index in [1.54, 1.807) is 0 Å². The van der Waals surface area contributed by atoms with Crippen molar-refractivity contribution in [3.05, 3.63) is 11.6 Å². The van der Waals surface area contributed by atoms with Crippen molar-refractivity contribution in [1.29, 1.82) is 0 Å². The minimum atomic E-state index is -0.135. The number of fused-ring (bicyclic) bond motifs is 1. The second-order valence-corrected chi connectivity index (χ2v) is 3.27. The van der Waals surface area contributed by atoms with Crippen LogP contribution in [0.5, 0.6) is 0 Å². The molecular weight excluding hydrogens is 154 g/mol. The third-order valence-electron chi connectivity index (χ3n) is 2.40. The largest absolute Gasteiger partial charge is 0.463 e. The van der Waals surface area contributed by atoms with Gasteiger partial charge in [0.05, 0.1) is 6.61 Å². The van der Waals surface area contributed by atoms with Gasteiger partial charge in [-0.05, 0) is 19.8 Å². The van der Waals surface area contributed by atoms with Crippen LogP contribution in [0.4, 0.5) is 0 Å². The van der Waals surface area contributed by atoms with Crippen molar-refractivity contribution >= 4 is 5.97 Å². The summed E-state index contributed by atoms with van der Waals surface area (Å²) in [4.78, 5) is 11.2. The molecule has 12 heavy (non-hydrogen) atoms. The summed E-state index contributed by atoms with van der Waals surface area (Å²) in [6, 6.07) is 1.19. The summed E-state index contributed by atoms with van der Waals surface area (Å²) in [5.74, 6) is -0.135. The third kappa shape index (κ3) is 1.37. The van der Waals surface area contributed by atoms with Crippen molar-refractivity contribution in [2.45, 2.75) is 31.8 Å². The Morgan fingerprint density at radius 1 is 1.75 bits per heavy atom. The highest BCUT2D eigenvalue weighted by atomic mass is 16.5. The van der Waals surface area contributed by atoms with Crippen molar-refractivity contribution in [1.82, 2.24) is 5.32 Å². The van der Waals surface area contributed by atoms with Crippen LogP contribution in [-0.2, 0) is 9.53 Å². The van der Waals surface area contributed by atoms with Crippen molar-refractivity contribution in [2.24, 2.45) is 0 Å². The van der Waals surface area contributed by atoms with E-state index in [0.29, 0.717) is 18.7 Å². The van der Waals surface area contributed by atoms with Crippen LogP contribution < -0.4 is 5.32 Å². The molecule has 1 saturated heterocycles. The van der Waals surface area contributed by atoms with E-state index in [9.17, 15) is 4.79 Å². The van der Waals surface area contributed by atoms with E-state index in [4.69, 9.17) is 4.74 Å². The lowest BCUT2D eigenvalue weighted by Crippen LogP contribution is -2.13. The van der Waals surface area contributed by atoms with Gasteiger partial charge in [0.1, 0.15) is 0 Å². The molecule has 1 aliphatic carbocycles. The number of nitrogens with one attached hydrogen (secondary N) is 1. The minimum absolute atomic E-state index is 0.135. The summed E-state index contributed by atoms with van der Waals surface area (Å²) < 4.78 is 4.91. The molecule has 3 heteroatoms. The molecule has 0 aromatic heterocycles. The monoisotopic (exact) mass is 167 g/mol. The smallest absolute Gasteiger partial charge is 0.333 e. The van der Waals surface area contributed by atoms with Crippen LogP contribution in [0.1, 0.15) is 19.8 Å². The lowest BCUT2D eigenvalue weighted by atomic mass is 10.00. The van der Waals surface area contributed by atoms with Crippen LogP contribution in [0.25, 0.3) is 0 Å². The van der Waals surface area contributed by atoms with Gasteiger partial charge in [-0.3, -0.25) is 0 Å². The van der Waals surface area contributed by atoms with Crippen molar-refractivity contribution in [3.8, 4) is 0 Å². The molecule has 1 N–H and O–H groups in total. The Morgan fingerprint density at radius 2 is 2.58 bits per heavy atom. The normalized spacial score (nSPS) is 31.9. The summed E-state index contributed by atoms with van der Waals surface area (Å²) in [6.45, 7) is 2.30. The molecule has 66 valence electrons. The molecule has 0 radical (unpaired) electrons. The Labute approximate surface area is 71.8 Å². The molecule has 0 unspecified atom stereocenters. The number of carbonyl (C=O) groups is 1. The molecule has 0 bridgehead atoms. The van der Waals surface area contributed by atoms with Crippen LogP contribution in [0.15, 0.2) is 11.6 Å². The second kappa shape index (κ2) is 2.90. The third-order valence-corrected chi connectivity index (χ3v) is 2.40. The predicted octanol–water partition coefficient (Wildman–Crippen LogP) is 0.610.